The highest BCUT2D eigenvalue weighted by atomic mass is 31.2. The van der Waals surface area contributed by atoms with Crippen LogP contribution in [0, 0.1) is 0 Å². The summed E-state index contributed by atoms with van der Waals surface area (Å²) >= 11 is 0. The van der Waals surface area contributed by atoms with E-state index in [2.05, 4.69) is 20.0 Å². The van der Waals surface area contributed by atoms with Crippen LogP contribution in [-0.2, 0) is 0 Å². The summed E-state index contributed by atoms with van der Waals surface area (Å²) in [6.45, 7) is 7.03. The van der Waals surface area contributed by atoms with Crippen LogP contribution in [-0.4, -0.2) is 37.9 Å². The molecule has 0 aliphatic rings. The van der Waals surface area contributed by atoms with Crippen LogP contribution in [0.3, 0.4) is 0 Å². The molecule has 0 aliphatic carbocycles. The highest BCUT2D eigenvalue weighted by Crippen LogP contribution is 2.45. The molecule has 0 bridgehead atoms. The molecule has 0 saturated heterocycles. The van der Waals surface area contributed by atoms with Gasteiger partial charge in [0.25, 0.3) is 0 Å². The highest BCUT2D eigenvalue weighted by molar-refractivity contribution is 7.73. The van der Waals surface area contributed by atoms with Crippen molar-refractivity contribution in [2.45, 2.75) is 0 Å². The summed E-state index contributed by atoms with van der Waals surface area (Å²) in [7, 11) is -0.666. The summed E-state index contributed by atoms with van der Waals surface area (Å²) in [4.78, 5) is 0. The van der Waals surface area contributed by atoms with Gasteiger partial charge >= 0.3 is 0 Å². The minimum Gasteiger partial charge on any atom is -0.393 e. The Hall–Kier alpha value is 0.390. The second kappa shape index (κ2) is 2.64. The Morgan fingerprint density at radius 3 is 1.71 bits per heavy atom. The summed E-state index contributed by atoms with van der Waals surface area (Å²) in [5, 5.41) is 8.43. The minimum atomic E-state index is -0.666. The van der Waals surface area contributed by atoms with Crippen molar-refractivity contribution < 1.29 is 5.11 Å². The normalized spacial score (nSPS) is 12.0. The van der Waals surface area contributed by atoms with Gasteiger partial charge in [0.15, 0.2) is 0 Å². The van der Waals surface area contributed by atoms with Crippen LogP contribution in [0.4, 0.5) is 0 Å². The van der Waals surface area contributed by atoms with Crippen molar-refractivity contribution >= 4 is 7.26 Å². The minimum absolute atomic E-state index is 0.358. The summed E-state index contributed by atoms with van der Waals surface area (Å²) in [5.41, 5.74) is 0. The lowest BCUT2D eigenvalue weighted by Crippen LogP contribution is -1.96. The van der Waals surface area contributed by atoms with Crippen molar-refractivity contribution in [3.8, 4) is 0 Å². The predicted octanol–water partition coefficient (Wildman–Crippen LogP) is 0.886. The first-order valence-corrected chi connectivity index (χ1v) is 5.79. The maximum Gasteiger partial charge on any atom is 0.0817 e. The first-order chi connectivity index (χ1) is 3.06. The van der Waals surface area contributed by atoms with E-state index in [0.29, 0.717) is 6.61 Å². The predicted molar refractivity (Wildman–Crippen MR) is 36.6 cm³/mol. The lowest BCUT2D eigenvalue weighted by Gasteiger charge is -2.07. The van der Waals surface area contributed by atoms with Crippen LogP contribution in [0.1, 0.15) is 0 Å². The van der Waals surface area contributed by atoms with Gasteiger partial charge in [-0.3, -0.25) is 0 Å². The van der Waals surface area contributed by atoms with E-state index in [1.54, 1.807) is 0 Å². The van der Waals surface area contributed by atoms with Gasteiger partial charge in [0, 0.05) is 27.3 Å². The summed E-state index contributed by atoms with van der Waals surface area (Å²) in [6, 6.07) is 0. The summed E-state index contributed by atoms with van der Waals surface area (Å²) in [5.74, 6) is 0. The monoisotopic (exact) mass is 121 g/mol. The Balaban J connectivity index is 3.15. The summed E-state index contributed by atoms with van der Waals surface area (Å²) < 4.78 is 0. The number of hydrogen-bond donors (Lipinski definition) is 1. The maximum atomic E-state index is 8.43. The molecule has 1 N–H and O–H groups in total. The van der Waals surface area contributed by atoms with E-state index in [-0.39, 0.29) is 0 Å². The summed E-state index contributed by atoms with van der Waals surface area (Å²) in [6.07, 6.45) is 1.01. The average Bonchev–Trinajstić information content (AvgIpc) is 1.30. The zero-order valence-corrected chi connectivity index (χ0v) is 6.20. The second-order valence-corrected chi connectivity index (χ2v) is 7.77. The van der Waals surface area contributed by atoms with Crippen molar-refractivity contribution in [2.75, 3.05) is 32.8 Å². The standard InChI is InChI=1S/C5H14OP/c1-7(2,3)5-4-6/h6H,4-5H2,1-3H3/q+1. The molecule has 0 aromatic heterocycles. The van der Waals surface area contributed by atoms with E-state index in [1.807, 2.05) is 0 Å². The second-order valence-electron chi connectivity index (χ2n) is 2.74. The van der Waals surface area contributed by atoms with Crippen molar-refractivity contribution in [1.29, 1.82) is 0 Å². The Kier molecular flexibility index (Phi) is 2.78. The zero-order valence-electron chi connectivity index (χ0n) is 5.31. The van der Waals surface area contributed by atoms with Crippen molar-refractivity contribution in [1.82, 2.24) is 0 Å². The molecule has 0 aliphatic heterocycles. The first kappa shape index (κ1) is 7.39. The van der Waals surface area contributed by atoms with E-state index in [9.17, 15) is 0 Å². The van der Waals surface area contributed by atoms with Crippen LogP contribution < -0.4 is 0 Å². The SMILES string of the molecule is C[P+](C)(C)CCO. The van der Waals surface area contributed by atoms with Gasteiger partial charge in [-0.1, -0.05) is 0 Å². The molecule has 0 atom stereocenters. The van der Waals surface area contributed by atoms with Crippen LogP contribution in [0.2, 0.25) is 0 Å². The topological polar surface area (TPSA) is 20.2 Å². The number of rotatable bonds is 2. The van der Waals surface area contributed by atoms with Crippen LogP contribution in [0.15, 0.2) is 0 Å². The van der Waals surface area contributed by atoms with Crippen molar-refractivity contribution in [2.24, 2.45) is 0 Å². The number of aliphatic hydroxyl groups is 1. The lowest BCUT2D eigenvalue weighted by molar-refractivity contribution is 0.321. The van der Waals surface area contributed by atoms with Gasteiger partial charge in [-0.2, -0.15) is 0 Å². The molecule has 0 aromatic carbocycles. The molecule has 0 fully saturated rings. The fraction of sp³-hybridized carbons (Fsp3) is 1.00. The molecule has 0 radical (unpaired) electrons. The first-order valence-electron chi connectivity index (χ1n) is 2.47. The third-order valence-electron chi connectivity index (χ3n) is 0.771. The van der Waals surface area contributed by atoms with E-state index >= 15 is 0 Å². The van der Waals surface area contributed by atoms with Gasteiger partial charge < -0.3 is 5.11 Å². The fourth-order valence-electron chi connectivity index (χ4n) is 0.300. The average molecular weight is 121 g/mol. The van der Waals surface area contributed by atoms with E-state index in [4.69, 9.17) is 5.11 Å². The molecule has 0 amide bonds. The molecule has 0 unspecified atom stereocenters. The van der Waals surface area contributed by atoms with Gasteiger partial charge in [-0.15, -0.1) is 0 Å². The number of hydrogen-bond acceptors (Lipinski definition) is 1. The third kappa shape index (κ3) is 6.39. The van der Waals surface area contributed by atoms with Crippen molar-refractivity contribution in [3.63, 3.8) is 0 Å². The molecule has 0 spiro atoms. The van der Waals surface area contributed by atoms with E-state index < -0.39 is 7.26 Å². The molecule has 0 heterocycles. The van der Waals surface area contributed by atoms with Crippen LogP contribution in [0.5, 0.6) is 0 Å². The Morgan fingerprint density at radius 1 is 1.29 bits per heavy atom. The van der Waals surface area contributed by atoms with Crippen molar-refractivity contribution in [3.05, 3.63) is 0 Å². The van der Waals surface area contributed by atoms with Gasteiger partial charge in [0.05, 0.1) is 12.8 Å². The van der Waals surface area contributed by atoms with Crippen LogP contribution in [0.25, 0.3) is 0 Å². The smallest absolute Gasteiger partial charge is 0.0817 e. The lowest BCUT2D eigenvalue weighted by atomic mass is 10.9. The molecule has 2 heteroatoms. The molecular formula is C5H14OP+. The third-order valence-corrected chi connectivity index (χ3v) is 2.31. The zero-order chi connectivity index (χ0) is 5.91. The Bertz CT molecular complexity index is 46.5. The molecular weight excluding hydrogens is 107 g/mol. The largest absolute Gasteiger partial charge is 0.393 e. The molecule has 0 saturated carbocycles. The number of aliphatic hydroxyl groups excluding tert-OH is 1. The molecule has 0 rings (SSSR count). The Labute approximate surface area is 46.1 Å². The maximum absolute atomic E-state index is 8.43. The Morgan fingerprint density at radius 2 is 1.71 bits per heavy atom. The van der Waals surface area contributed by atoms with E-state index in [0.717, 1.165) is 6.16 Å². The molecule has 1 nitrogen and oxygen atoms in total. The van der Waals surface area contributed by atoms with E-state index in [1.165, 1.54) is 0 Å². The van der Waals surface area contributed by atoms with Gasteiger partial charge in [-0.25, -0.2) is 0 Å². The van der Waals surface area contributed by atoms with Gasteiger partial charge in [0.2, 0.25) is 0 Å². The highest BCUT2D eigenvalue weighted by Gasteiger charge is 2.14. The van der Waals surface area contributed by atoms with Gasteiger partial charge in [-0.05, 0) is 0 Å². The van der Waals surface area contributed by atoms with Gasteiger partial charge in [0.1, 0.15) is 0 Å². The molecule has 0 aromatic rings. The molecule has 44 valence electrons. The quantitative estimate of drug-likeness (QED) is 0.538. The van der Waals surface area contributed by atoms with Crippen LogP contribution >= 0.6 is 7.26 Å². The molecule has 7 heavy (non-hydrogen) atoms. The fourth-order valence-corrected chi connectivity index (χ4v) is 0.900.